The van der Waals surface area contributed by atoms with E-state index in [0.29, 0.717) is 5.52 Å². The molecular weight excluding hydrogens is 191 g/mol. The van der Waals surface area contributed by atoms with E-state index in [-0.39, 0.29) is 11.9 Å². The fourth-order valence-electron chi connectivity index (χ4n) is 1.95. The Labute approximate surface area is 88.7 Å². The molecule has 1 atom stereocenters. The highest BCUT2D eigenvalue weighted by molar-refractivity contribution is 5.84. The first kappa shape index (κ1) is 10.2. The molecule has 0 aliphatic rings. The van der Waals surface area contributed by atoms with Gasteiger partial charge in [0.05, 0.1) is 5.52 Å². The SMILES string of the molecule is CNC(C)c1cn(C)c2c(F)cccc12. The zero-order chi connectivity index (χ0) is 11.0. The molecule has 0 fully saturated rings. The van der Waals surface area contributed by atoms with E-state index >= 15 is 0 Å². The van der Waals surface area contributed by atoms with E-state index in [4.69, 9.17) is 0 Å². The lowest BCUT2D eigenvalue weighted by Crippen LogP contribution is -2.11. The summed E-state index contributed by atoms with van der Waals surface area (Å²) in [6.07, 6.45) is 1.98. The Morgan fingerprint density at radius 1 is 1.40 bits per heavy atom. The molecule has 0 aliphatic carbocycles. The maximum Gasteiger partial charge on any atom is 0.147 e. The molecular formula is C12H15FN2. The summed E-state index contributed by atoms with van der Waals surface area (Å²) in [7, 11) is 3.78. The maximum absolute atomic E-state index is 13.6. The molecule has 2 rings (SSSR count). The Kier molecular flexibility index (Phi) is 2.49. The first-order valence-corrected chi connectivity index (χ1v) is 5.06. The number of benzene rings is 1. The molecule has 1 heterocycles. The minimum Gasteiger partial charge on any atom is -0.348 e. The second-order valence-corrected chi connectivity index (χ2v) is 3.84. The molecule has 0 saturated heterocycles. The van der Waals surface area contributed by atoms with Crippen LogP contribution >= 0.6 is 0 Å². The van der Waals surface area contributed by atoms with Crippen molar-refractivity contribution in [1.82, 2.24) is 9.88 Å². The molecule has 0 amide bonds. The highest BCUT2D eigenvalue weighted by Crippen LogP contribution is 2.27. The normalized spacial score (nSPS) is 13.3. The average Bonchev–Trinajstić information content (AvgIpc) is 2.56. The smallest absolute Gasteiger partial charge is 0.147 e. The number of fused-ring (bicyclic) bond motifs is 1. The number of hydrogen-bond donors (Lipinski definition) is 1. The van der Waals surface area contributed by atoms with Gasteiger partial charge in [-0.2, -0.15) is 0 Å². The summed E-state index contributed by atoms with van der Waals surface area (Å²) in [4.78, 5) is 0. The van der Waals surface area contributed by atoms with Crippen LogP contribution in [0.1, 0.15) is 18.5 Å². The Balaban J connectivity index is 2.73. The van der Waals surface area contributed by atoms with E-state index in [0.717, 1.165) is 10.9 Å². The zero-order valence-corrected chi connectivity index (χ0v) is 9.21. The molecule has 15 heavy (non-hydrogen) atoms. The number of hydrogen-bond acceptors (Lipinski definition) is 1. The molecule has 2 aromatic rings. The van der Waals surface area contributed by atoms with Gasteiger partial charge in [-0.3, -0.25) is 0 Å². The molecule has 0 aliphatic heterocycles. The summed E-state index contributed by atoms with van der Waals surface area (Å²) < 4.78 is 15.4. The number of aromatic nitrogens is 1. The van der Waals surface area contributed by atoms with Gasteiger partial charge in [-0.25, -0.2) is 4.39 Å². The van der Waals surface area contributed by atoms with Crippen molar-refractivity contribution >= 4 is 10.9 Å². The summed E-state index contributed by atoms with van der Waals surface area (Å²) in [6.45, 7) is 2.07. The van der Waals surface area contributed by atoms with Crippen LogP contribution in [0.5, 0.6) is 0 Å². The van der Waals surface area contributed by atoms with E-state index in [9.17, 15) is 4.39 Å². The molecule has 2 nitrogen and oxygen atoms in total. The van der Waals surface area contributed by atoms with Crippen molar-refractivity contribution in [2.24, 2.45) is 7.05 Å². The number of halogens is 1. The lowest BCUT2D eigenvalue weighted by Gasteiger charge is -2.08. The fourth-order valence-corrected chi connectivity index (χ4v) is 1.95. The maximum atomic E-state index is 13.6. The zero-order valence-electron chi connectivity index (χ0n) is 9.21. The van der Waals surface area contributed by atoms with E-state index < -0.39 is 0 Å². The molecule has 0 bridgehead atoms. The standard InChI is InChI=1S/C12H15FN2/c1-8(14-2)10-7-15(3)12-9(10)5-4-6-11(12)13/h4-8,14H,1-3H3. The van der Waals surface area contributed by atoms with Crippen molar-refractivity contribution in [1.29, 1.82) is 0 Å². The summed E-state index contributed by atoms with van der Waals surface area (Å²) in [5.74, 6) is -0.162. The Morgan fingerprint density at radius 2 is 2.13 bits per heavy atom. The van der Waals surface area contributed by atoms with E-state index in [2.05, 4.69) is 12.2 Å². The summed E-state index contributed by atoms with van der Waals surface area (Å²) in [5.41, 5.74) is 1.81. The van der Waals surface area contributed by atoms with Crippen molar-refractivity contribution in [3.63, 3.8) is 0 Å². The third-order valence-electron chi connectivity index (χ3n) is 2.88. The van der Waals surface area contributed by atoms with Crippen LogP contribution in [0, 0.1) is 5.82 Å². The third kappa shape index (κ3) is 1.53. The summed E-state index contributed by atoms with van der Waals surface area (Å²) in [6, 6.07) is 5.44. The van der Waals surface area contributed by atoms with E-state index in [1.807, 2.05) is 30.9 Å². The molecule has 3 heteroatoms. The highest BCUT2D eigenvalue weighted by Gasteiger charge is 2.13. The van der Waals surface area contributed by atoms with Crippen LogP contribution in [-0.2, 0) is 7.05 Å². The molecule has 0 spiro atoms. The number of para-hydroxylation sites is 1. The van der Waals surface area contributed by atoms with Crippen LogP contribution < -0.4 is 5.32 Å². The largest absolute Gasteiger partial charge is 0.348 e. The fraction of sp³-hybridized carbons (Fsp3) is 0.333. The van der Waals surface area contributed by atoms with Gasteiger partial charge in [-0.15, -0.1) is 0 Å². The second-order valence-electron chi connectivity index (χ2n) is 3.84. The third-order valence-corrected chi connectivity index (χ3v) is 2.88. The minimum atomic E-state index is -0.162. The summed E-state index contributed by atoms with van der Waals surface area (Å²) in [5, 5.41) is 4.16. The number of nitrogens with one attached hydrogen (secondary N) is 1. The van der Waals surface area contributed by atoms with Gasteiger partial charge < -0.3 is 9.88 Å². The van der Waals surface area contributed by atoms with Crippen LogP contribution in [0.25, 0.3) is 10.9 Å². The molecule has 1 N–H and O–H groups in total. The Morgan fingerprint density at radius 3 is 2.80 bits per heavy atom. The van der Waals surface area contributed by atoms with Crippen LogP contribution in [0.15, 0.2) is 24.4 Å². The lowest BCUT2D eigenvalue weighted by molar-refractivity contribution is 0.632. The van der Waals surface area contributed by atoms with Gasteiger partial charge in [0, 0.05) is 24.7 Å². The number of nitrogens with zero attached hydrogens (tertiary/aromatic N) is 1. The quantitative estimate of drug-likeness (QED) is 0.799. The van der Waals surface area contributed by atoms with Crippen LogP contribution in [0.4, 0.5) is 4.39 Å². The molecule has 1 aromatic heterocycles. The molecule has 0 saturated carbocycles. The molecule has 0 radical (unpaired) electrons. The second kappa shape index (κ2) is 3.66. The lowest BCUT2D eigenvalue weighted by atomic mass is 10.1. The molecule has 1 unspecified atom stereocenters. The van der Waals surface area contributed by atoms with Crippen molar-refractivity contribution in [2.45, 2.75) is 13.0 Å². The number of rotatable bonds is 2. The Hall–Kier alpha value is -1.35. The van der Waals surface area contributed by atoms with Gasteiger partial charge in [0.15, 0.2) is 0 Å². The minimum absolute atomic E-state index is 0.162. The van der Waals surface area contributed by atoms with Gasteiger partial charge in [-0.1, -0.05) is 12.1 Å². The van der Waals surface area contributed by atoms with Crippen LogP contribution in [0.3, 0.4) is 0 Å². The first-order valence-electron chi connectivity index (χ1n) is 5.06. The van der Waals surface area contributed by atoms with Crippen molar-refractivity contribution in [3.05, 3.63) is 35.8 Å². The monoisotopic (exact) mass is 206 g/mol. The van der Waals surface area contributed by atoms with Crippen molar-refractivity contribution in [3.8, 4) is 0 Å². The van der Waals surface area contributed by atoms with Gasteiger partial charge in [0.2, 0.25) is 0 Å². The van der Waals surface area contributed by atoms with E-state index in [1.165, 1.54) is 6.07 Å². The van der Waals surface area contributed by atoms with Gasteiger partial charge in [-0.05, 0) is 25.6 Å². The molecule has 1 aromatic carbocycles. The predicted octanol–water partition coefficient (Wildman–Crippen LogP) is 2.60. The van der Waals surface area contributed by atoms with Gasteiger partial charge >= 0.3 is 0 Å². The van der Waals surface area contributed by atoms with Gasteiger partial charge in [0.1, 0.15) is 5.82 Å². The first-order chi connectivity index (χ1) is 7.15. The average molecular weight is 206 g/mol. The topological polar surface area (TPSA) is 17.0 Å². The summed E-state index contributed by atoms with van der Waals surface area (Å²) >= 11 is 0. The highest BCUT2D eigenvalue weighted by atomic mass is 19.1. The van der Waals surface area contributed by atoms with Crippen molar-refractivity contribution < 1.29 is 4.39 Å². The Bertz CT molecular complexity index is 488. The number of aryl methyl sites for hydroxylation is 1. The van der Waals surface area contributed by atoms with Crippen LogP contribution in [-0.4, -0.2) is 11.6 Å². The van der Waals surface area contributed by atoms with Crippen LogP contribution in [0.2, 0.25) is 0 Å². The van der Waals surface area contributed by atoms with E-state index in [1.54, 1.807) is 6.07 Å². The predicted molar refractivity (Wildman–Crippen MR) is 60.4 cm³/mol. The van der Waals surface area contributed by atoms with Crippen molar-refractivity contribution in [2.75, 3.05) is 7.05 Å². The van der Waals surface area contributed by atoms with Gasteiger partial charge in [0.25, 0.3) is 0 Å². The molecule has 80 valence electrons.